The minimum atomic E-state index is -0.454. The van der Waals surface area contributed by atoms with Crippen LogP contribution in [0.15, 0.2) is 39.5 Å². The Morgan fingerprint density at radius 1 is 1.40 bits per heavy atom. The first kappa shape index (κ1) is 10.2. The molecule has 0 fully saturated rings. The van der Waals surface area contributed by atoms with E-state index in [4.69, 9.17) is 16.6 Å². The zero-order chi connectivity index (χ0) is 10.8. The Hall–Kier alpha value is -1.33. The molecule has 0 bridgehead atoms. The molecule has 0 spiro atoms. The molecule has 0 amide bonds. The summed E-state index contributed by atoms with van der Waals surface area (Å²) in [5.41, 5.74) is 0.400. The summed E-state index contributed by atoms with van der Waals surface area (Å²) in [6.45, 7) is 0. The second-order valence-electron chi connectivity index (χ2n) is 2.92. The lowest BCUT2D eigenvalue weighted by molar-refractivity contribution is 0.564. The van der Waals surface area contributed by atoms with E-state index in [1.165, 1.54) is 0 Å². The smallest absolute Gasteiger partial charge is 0.360 e. The van der Waals surface area contributed by atoms with Gasteiger partial charge in [0.1, 0.15) is 15.6 Å². The number of benzene rings is 1. The van der Waals surface area contributed by atoms with Crippen LogP contribution in [0.3, 0.4) is 0 Å². The largest absolute Gasteiger partial charge is 0.421 e. The van der Waals surface area contributed by atoms with E-state index in [0.717, 1.165) is 5.39 Å². The highest BCUT2D eigenvalue weighted by Crippen LogP contribution is 2.15. The summed E-state index contributed by atoms with van der Waals surface area (Å²) in [5.74, 6) is 0. The number of thiol groups is 1. The summed E-state index contributed by atoms with van der Waals surface area (Å²) >= 11 is 8.62. The standard InChI is InChI=1S/C10H7NO2S2/c12-9-7(11-10(14)15)5-6-3-1-2-4-8(6)13-9/h1-5H,(H2,11,14,15). The third kappa shape index (κ3) is 2.19. The molecule has 1 N–H and O–H groups in total. The van der Waals surface area contributed by atoms with Crippen LogP contribution in [0.25, 0.3) is 11.0 Å². The van der Waals surface area contributed by atoms with Gasteiger partial charge in [0, 0.05) is 5.39 Å². The lowest BCUT2D eigenvalue weighted by Gasteiger charge is -2.02. The maximum Gasteiger partial charge on any atom is 0.360 e. The Morgan fingerprint density at radius 3 is 2.87 bits per heavy atom. The molecule has 0 atom stereocenters. The van der Waals surface area contributed by atoms with E-state index in [1.807, 2.05) is 18.2 Å². The average molecular weight is 237 g/mol. The van der Waals surface area contributed by atoms with Gasteiger partial charge in [0.2, 0.25) is 0 Å². The van der Waals surface area contributed by atoms with Gasteiger partial charge in [-0.15, -0.1) is 12.6 Å². The molecule has 0 radical (unpaired) electrons. The Balaban J connectivity index is 2.62. The first-order valence-electron chi connectivity index (χ1n) is 4.19. The zero-order valence-electron chi connectivity index (χ0n) is 7.56. The molecule has 0 saturated heterocycles. The molecule has 0 saturated carbocycles. The molecule has 0 unspecified atom stereocenters. The number of rotatable bonds is 1. The van der Waals surface area contributed by atoms with Gasteiger partial charge in [0.25, 0.3) is 0 Å². The van der Waals surface area contributed by atoms with Gasteiger partial charge in [0.15, 0.2) is 0 Å². The normalized spacial score (nSPS) is 10.2. The van der Waals surface area contributed by atoms with Crippen molar-refractivity contribution < 1.29 is 4.42 Å². The van der Waals surface area contributed by atoms with E-state index in [-0.39, 0.29) is 4.32 Å². The number of para-hydroxylation sites is 1. The molecule has 5 heteroatoms. The molecule has 76 valence electrons. The van der Waals surface area contributed by atoms with Gasteiger partial charge >= 0.3 is 5.63 Å². The summed E-state index contributed by atoms with van der Waals surface area (Å²) in [6.07, 6.45) is 0. The van der Waals surface area contributed by atoms with Gasteiger partial charge < -0.3 is 9.73 Å². The van der Waals surface area contributed by atoms with E-state index in [9.17, 15) is 4.79 Å². The molecule has 1 aromatic carbocycles. The minimum absolute atomic E-state index is 0.234. The maximum atomic E-state index is 11.4. The van der Waals surface area contributed by atoms with Crippen LogP contribution < -0.4 is 10.9 Å². The predicted octanol–water partition coefficient (Wildman–Crippen LogP) is 2.42. The van der Waals surface area contributed by atoms with E-state index in [1.54, 1.807) is 12.1 Å². The molecule has 3 nitrogen and oxygen atoms in total. The molecule has 1 heterocycles. The van der Waals surface area contributed by atoms with Crippen molar-refractivity contribution in [2.75, 3.05) is 5.32 Å². The van der Waals surface area contributed by atoms with Gasteiger partial charge in [-0.25, -0.2) is 4.79 Å². The number of hydrogen-bond acceptors (Lipinski definition) is 3. The van der Waals surface area contributed by atoms with Crippen molar-refractivity contribution in [2.24, 2.45) is 0 Å². The van der Waals surface area contributed by atoms with Crippen molar-refractivity contribution in [2.45, 2.75) is 0 Å². The fraction of sp³-hybridized carbons (Fsp3) is 0. The zero-order valence-corrected chi connectivity index (χ0v) is 9.27. The fourth-order valence-corrected chi connectivity index (χ4v) is 1.49. The Morgan fingerprint density at radius 2 is 2.13 bits per heavy atom. The topological polar surface area (TPSA) is 42.2 Å². The molecule has 2 rings (SSSR count). The van der Waals surface area contributed by atoms with Crippen LogP contribution in [0.1, 0.15) is 0 Å². The van der Waals surface area contributed by atoms with Crippen molar-refractivity contribution in [1.29, 1.82) is 0 Å². The van der Waals surface area contributed by atoms with Crippen LogP contribution in [-0.2, 0) is 0 Å². The Labute approximate surface area is 96.5 Å². The van der Waals surface area contributed by atoms with E-state index in [0.29, 0.717) is 11.3 Å². The second kappa shape index (κ2) is 4.04. The fourth-order valence-electron chi connectivity index (χ4n) is 1.26. The lowest BCUT2D eigenvalue weighted by Crippen LogP contribution is -2.11. The van der Waals surface area contributed by atoms with Crippen molar-refractivity contribution >= 4 is 45.8 Å². The van der Waals surface area contributed by atoms with E-state index < -0.39 is 5.63 Å². The third-order valence-corrected chi connectivity index (χ3v) is 2.10. The molecule has 0 aliphatic heterocycles. The second-order valence-corrected chi connectivity index (χ2v) is 4.07. The number of thiocarbonyl (C=S) groups is 1. The van der Waals surface area contributed by atoms with Crippen molar-refractivity contribution in [3.05, 3.63) is 40.8 Å². The van der Waals surface area contributed by atoms with Crippen molar-refractivity contribution in [3.63, 3.8) is 0 Å². The predicted molar refractivity (Wildman–Crippen MR) is 67.7 cm³/mol. The summed E-state index contributed by atoms with van der Waals surface area (Å²) < 4.78 is 5.32. The number of hydrogen-bond donors (Lipinski definition) is 2. The molecule has 1 aromatic heterocycles. The van der Waals surface area contributed by atoms with Crippen LogP contribution in [-0.4, -0.2) is 4.32 Å². The summed E-state index contributed by atoms with van der Waals surface area (Å²) in [5, 5.41) is 3.49. The van der Waals surface area contributed by atoms with Crippen LogP contribution >= 0.6 is 24.8 Å². The highest BCUT2D eigenvalue weighted by atomic mass is 32.1. The van der Waals surface area contributed by atoms with Gasteiger partial charge in [-0.2, -0.15) is 0 Å². The number of fused-ring (bicyclic) bond motifs is 1. The summed E-state index contributed by atoms with van der Waals surface area (Å²) in [6, 6.07) is 8.95. The first-order valence-corrected chi connectivity index (χ1v) is 5.05. The van der Waals surface area contributed by atoms with Crippen LogP contribution in [0, 0.1) is 0 Å². The summed E-state index contributed by atoms with van der Waals surface area (Å²) in [4.78, 5) is 11.4. The molecular weight excluding hydrogens is 230 g/mol. The Bertz CT molecular complexity index is 577. The molecule has 0 aliphatic rings. The Kier molecular flexibility index (Phi) is 2.75. The number of anilines is 1. The van der Waals surface area contributed by atoms with Crippen LogP contribution in [0.5, 0.6) is 0 Å². The molecule has 0 aliphatic carbocycles. The molecule has 15 heavy (non-hydrogen) atoms. The SMILES string of the molecule is O=c1oc2ccccc2cc1NC(=S)S. The lowest BCUT2D eigenvalue weighted by atomic mass is 10.2. The first-order chi connectivity index (χ1) is 7.16. The maximum absolute atomic E-state index is 11.4. The van der Waals surface area contributed by atoms with Gasteiger partial charge in [-0.1, -0.05) is 30.4 Å². The van der Waals surface area contributed by atoms with Crippen LogP contribution in [0.2, 0.25) is 0 Å². The van der Waals surface area contributed by atoms with E-state index in [2.05, 4.69) is 17.9 Å². The van der Waals surface area contributed by atoms with Crippen LogP contribution in [0.4, 0.5) is 5.69 Å². The van der Waals surface area contributed by atoms with Crippen molar-refractivity contribution in [3.8, 4) is 0 Å². The highest BCUT2D eigenvalue weighted by Gasteiger charge is 2.04. The quantitative estimate of drug-likeness (QED) is 0.454. The van der Waals surface area contributed by atoms with Gasteiger partial charge in [-0.05, 0) is 12.1 Å². The molecular formula is C10H7NO2S2. The monoisotopic (exact) mass is 237 g/mol. The van der Waals surface area contributed by atoms with Gasteiger partial charge in [0.05, 0.1) is 0 Å². The number of nitrogens with one attached hydrogen (secondary N) is 1. The third-order valence-electron chi connectivity index (χ3n) is 1.88. The van der Waals surface area contributed by atoms with E-state index >= 15 is 0 Å². The van der Waals surface area contributed by atoms with Crippen molar-refractivity contribution in [1.82, 2.24) is 0 Å². The average Bonchev–Trinajstić information content (AvgIpc) is 2.18. The van der Waals surface area contributed by atoms with Gasteiger partial charge in [-0.3, -0.25) is 0 Å². The summed E-state index contributed by atoms with van der Waals surface area (Å²) in [7, 11) is 0. The minimum Gasteiger partial charge on any atom is -0.421 e. The molecule has 2 aromatic rings. The highest BCUT2D eigenvalue weighted by molar-refractivity contribution is 8.11.